The largest absolute Gasteiger partial charge is 0.494 e. The topological polar surface area (TPSA) is 60.5 Å². The van der Waals surface area contributed by atoms with Gasteiger partial charge < -0.3 is 14.8 Å². The molecular formula is C18H19FN2O3. The molecule has 24 heavy (non-hydrogen) atoms. The zero-order chi connectivity index (χ0) is 17.0. The van der Waals surface area contributed by atoms with Crippen LogP contribution in [0, 0.1) is 5.82 Å². The van der Waals surface area contributed by atoms with E-state index in [0.29, 0.717) is 13.0 Å². The van der Waals surface area contributed by atoms with Crippen molar-refractivity contribution in [3.63, 3.8) is 0 Å². The fraction of sp³-hybridized carbons (Fsp3) is 0.333. The summed E-state index contributed by atoms with van der Waals surface area (Å²) in [4.78, 5) is 16.8. The summed E-state index contributed by atoms with van der Waals surface area (Å²) >= 11 is 0. The summed E-state index contributed by atoms with van der Waals surface area (Å²) in [5, 5.41) is 2.75. The number of carbonyl (C=O) groups is 1. The highest BCUT2D eigenvalue weighted by Gasteiger charge is 2.44. The number of benzene rings is 1. The lowest BCUT2D eigenvalue weighted by Crippen LogP contribution is -2.44. The second kappa shape index (κ2) is 6.97. The van der Waals surface area contributed by atoms with Gasteiger partial charge in [0.15, 0.2) is 17.2 Å². The van der Waals surface area contributed by atoms with Gasteiger partial charge in [-0.15, -0.1) is 0 Å². The number of carbonyl (C=O) groups excluding carboxylic acids is 1. The number of ether oxygens (including phenoxy) is 2. The van der Waals surface area contributed by atoms with Crippen LogP contribution in [0.15, 0.2) is 42.6 Å². The molecule has 1 aromatic carbocycles. The van der Waals surface area contributed by atoms with Gasteiger partial charge in [-0.3, -0.25) is 9.78 Å². The average Bonchev–Trinajstić information content (AvgIpc) is 3.12. The van der Waals surface area contributed by atoms with Crippen LogP contribution in [-0.2, 0) is 21.7 Å². The molecule has 1 atom stereocenters. The van der Waals surface area contributed by atoms with Crippen molar-refractivity contribution < 1.29 is 18.7 Å². The third-order valence-electron chi connectivity index (χ3n) is 4.19. The maximum atomic E-state index is 14.1. The predicted molar refractivity (Wildman–Crippen MR) is 85.9 cm³/mol. The molecule has 1 amide bonds. The Labute approximate surface area is 139 Å². The molecule has 1 aliphatic rings. The molecule has 1 saturated heterocycles. The molecule has 1 aromatic heterocycles. The van der Waals surface area contributed by atoms with Crippen LogP contribution in [0.4, 0.5) is 4.39 Å². The lowest BCUT2D eigenvalue weighted by molar-refractivity contribution is -0.142. The van der Waals surface area contributed by atoms with Gasteiger partial charge in [0, 0.05) is 18.9 Å². The van der Waals surface area contributed by atoms with Crippen LogP contribution in [0.2, 0.25) is 0 Å². The SMILES string of the molecule is COc1ccnc(CNC(=O)C2(c3ccccc3)CCCO2)c1F. The van der Waals surface area contributed by atoms with E-state index < -0.39 is 11.4 Å². The molecule has 6 heteroatoms. The Morgan fingerprint density at radius 1 is 1.38 bits per heavy atom. The van der Waals surface area contributed by atoms with E-state index in [0.717, 1.165) is 12.0 Å². The molecule has 5 nitrogen and oxygen atoms in total. The lowest BCUT2D eigenvalue weighted by Gasteiger charge is -2.27. The lowest BCUT2D eigenvalue weighted by atomic mass is 9.90. The molecule has 0 saturated carbocycles. The fourth-order valence-corrected chi connectivity index (χ4v) is 2.94. The van der Waals surface area contributed by atoms with Crippen molar-refractivity contribution in [2.24, 2.45) is 0 Å². The van der Waals surface area contributed by atoms with Crippen molar-refractivity contribution >= 4 is 5.91 Å². The Morgan fingerprint density at radius 3 is 2.83 bits per heavy atom. The number of methoxy groups -OCH3 is 1. The molecule has 2 aromatic rings. The van der Waals surface area contributed by atoms with Crippen molar-refractivity contribution in [3.05, 3.63) is 59.7 Å². The number of hydrogen-bond donors (Lipinski definition) is 1. The van der Waals surface area contributed by atoms with E-state index >= 15 is 0 Å². The van der Waals surface area contributed by atoms with E-state index in [1.165, 1.54) is 19.4 Å². The Bertz CT molecular complexity index is 715. The van der Waals surface area contributed by atoms with Crippen LogP contribution < -0.4 is 10.1 Å². The third-order valence-corrected chi connectivity index (χ3v) is 4.19. The summed E-state index contributed by atoms with van der Waals surface area (Å²) < 4.78 is 24.9. The first-order valence-electron chi connectivity index (χ1n) is 7.82. The number of halogens is 1. The Hall–Kier alpha value is -2.47. The molecule has 0 bridgehead atoms. The van der Waals surface area contributed by atoms with Crippen LogP contribution in [0.3, 0.4) is 0 Å². The number of pyridine rings is 1. The van der Waals surface area contributed by atoms with Gasteiger partial charge in [0.1, 0.15) is 0 Å². The monoisotopic (exact) mass is 330 g/mol. The van der Waals surface area contributed by atoms with Gasteiger partial charge in [-0.1, -0.05) is 30.3 Å². The van der Waals surface area contributed by atoms with E-state index in [1.807, 2.05) is 30.3 Å². The van der Waals surface area contributed by atoms with E-state index in [2.05, 4.69) is 10.3 Å². The molecule has 0 spiro atoms. The molecule has 1 N–H and O–H groups in total. The van der Waals surface area contributed by atoms with Crippen molar-refractivity contribution in [1.29, 1.82) is 0 Å². The first-order chi connectivity index (χ1) is 11.7. The molecule has 1 fully saturated rings. The Kier molecular flexibility index (Phi) is 4.76. The third kappa shape index (κ3) is 2.97. The van der Waals surface area contributed by atoms with Gasteiger partial charge in [-0.25, -0.2) is 4.39 Å². The standard InChI is InChI=1S/C18H19FN2O3/c1-23-15-8-10-20-14(16(15)19)12-21-17(22)18(9-5-11-24-18)13-6-3-2-4-7-13/h2-4,6-8,10H,5,9,11-12H2,1H3,(H,21,22). The summed E-state index contributed by atoms with van der Waals surface area (Å²) in [5.74, 6) is -0.749. The first kappa shape index (κ1) is 16.4. The number of aromatic nitrogens is 1. The van der Waals surface area contributed by atoms with Crippen LogP contribution in [0.5, 0.6) is 5.75 Å². The molecule has 3 rings (SSSR count). The summed E-state index contributed by atoms with van der Waals surface area (Å²) in [6, 6.07) is 10.8. The minimum absolute atomic E-state index is 0.0280. The van der Waals surface area contributed by atoms with Gasteiger partial charge in [0.2, 0.25) is 0 Å². The average molecular weight is 330 g/mol. The summed E-state index contributed by atoms with van der Waals surface area (Å²) in [6.45, 7) is 0.494. The number of amides is 1. The highest BCUT2D eigenvalue weighted by molar-refractivity contribution is 5.86. The number of hydrogen-bond acceptors (Lipinski definition) is 4. The zero-order valence-corrected chi connectivity index (χ0v) is 13.4. The second-order valence-electron chi connectivity index (χ2n) is 5.60. The predicted octanol–water partition coefficient (Wildman–Crippen LogP) is 2.55. The Balaban J connectivity index is 1.78. The highest BCUT2D eigenvalue weighted by atomic mass is 19.1. The normalized spacial score (nSPS) is 19.9. The smallest absolute Gasteiger partial charge is 0.257 e. The minimum atomic E-state index is -1.02. The first-order valence-corrected chi connectivity index (χ1v) is 7.82. The van der Waals surface area contributed by atoms with Gasteiger partial charge in [0.05, 0.1) is 19.3 Å². The van der Waals surface area contributed by atoms with Crippen molar-refractivity contribution in [2.45, 2.75) is 25.0 Å². The van der Waals surface area contributed by atoms with Gasteiger partial charge >= 0.3 is 0 Å². The van der Waals surface area contributed by atoms with Gasteiger partial charge in [-0.05, 0) is 18.4 Å². The van der Waals surface area contributed by atoms with Gasteiger partial charge in [-0.2, -0.15) is 0 Å². The molecule has 2 heterocycles. The fourth-order valence-electron chi connectivity index (χ4n) is 2.94. The summed E-state index contributed by atoms with van der Waals surface area (Å²) in [5.41, 5.74) is -0.0839. The minimum Gasteiger partial charge on any atom is -0.494 e. The maximum absolute atomic E-state index is 14.1. The molecule has 0 radical (unpaired) electrons. The van der Waals surface area contributed by atoms with Crippen LogP contribution in [0.1, 0.15) is 24.1 Å². The van der Waals surface area contributed by atoms with Crippen LogP contribution in [-0.4, -0.2) is 24.6 Å². The summed E-state index contributed by atoms with van der Waals surface area (Å²) in [6.07, 6.45) is 2.84. The zero-order valence-electron chi connectivity index (χ0n) is 13.4. The molecule has 0 aliphatic carbocycles. The van der Waals surface area contributed by atoms with E-state index in [4.69, 9.17) is 9.47 Å². The molecular weight excluding hydrogens is 311 g/mol. The molecule has 1 unspecified atom stereocenters. The van der Waals surface area contributed by atoms with Crippen LogP contribution >= 0.6 is 0 Å². The van der Waals surface area contributed by atoms with E-state index in [9.17, 15) is 9.18 Å². The van der Waals surface area contributed by atoms with Crippen molar-refractivity contribution in [3.8, 4) is 5.75 Å². The highest BCUT2D eigenvalue weighted by Crippen LogP contribution is 2.36. The number of nitrogens with one attached hydrogen (secondary N) is 1. The van der Waals surface area contributed by atoms with Crippen molar-refractivity contribution in [2.75, 3.05) is 13.7 Å². The maximum Gasteiger partial charge on any atom is 0.257 e. The number of nitrogens with zero attached hydrogens (tertiary/aromatic N) is 1. The van der Waals surface area contributed by atoms with Crippen LogP contribution in [0.25, 0.3) is 0 Å². The molecule has 1 aliphatic heterocycles. The molecule has 126 valence electrons. The van der Waals surface area contributed by atoms with E-state index in [-0.39, 0.29) is 23.9 Å². The number of rotatable bonds is 5. The van der Waals surface area contributed by atoms with Crippen molar-refractivity contribution in [1.82, 2.24) is 10.3 Å². The quantitative estimate of drug-likeness (QED) is 0.915. The van der Waals surface area contributed by atoms with E-state index in [1.54, 1.807) is 0 Å². The Morgan fingerprint density at radius 2 is 2.17 bits per heavy atom. The second-order valence-corrected chi connectivity index (χ2v) is 5.60. The van der Waals surface area contributed by atoms with Gasteiger partial charge in [0.25, 0.3) is 5.91 Å². The summed E-state index contributed by atoms with van der Waals surface area (Å²) in [7, 11) is 1.39.